The van der Waals surface area contributed by atoms with Crippen molar-refractivity contribution in [2.24, 2.45) is 0 Å². The molecule has 2 atom stereocenters. The van der Waals surface area contributed by atoms with Crippen molar-refractivity contribution in [1.82, 2.24) is 0 Å². The third-order valence-electron chi connectivity index (χ3n) is 3.30. The number of thiophene rings is 1. The van der Waals surface area contributed by atoms with Crippen LogP contribution in [-0.2, 0) is 0 Å². The summed E-state index contributed by atoms with van der Waals surface area (Å²) < 4.78 is 0. The second kappa shape index (κ2) is 2.35. The van der Waals surface area contributed by atoms with E-state index < -0.39 is 5.97 Å². The quantitative estimate of drug-likeness (QED) is 0.746. The highest BCUT2D eigenvalue weighted by molar-refractivity contribution is 7.10. The van der Waals surface area contributed by atoms with Gasteiger partial charge in [-0.05, 0) is 36.7 Å². The Morgan fingerprint density at radius 3 is 3.00 bits per heavy atom. The zero-order valence-corrected chi connectivity index (χ0v) is 7.93. The van der Waals surface area contributed by atoms with Crippen LogP contribution in [0.25, 0.3) is 0 Å². The molecule has 0 radical (unpaired) electrons. The van der Waals surface area contributed by atoms with Crippen LogP contribution in [0.2, 0.25) is 0 Å². The molecule has 1 aromatic rings. The molecule has 68 valence electrons. The Morgan fingerprint density at radius 2 is 2.23 bits per heavy atom. The lowest BCUT2D eigenvalue weighted by Crippen LogP contribution is -2.02. The molecule has 1 heterocycles. The zero-order valence-electron chi connectivity index (χ0n) is 7.12. The number of carboxylic acid groups (broad SMARTS) is 1. The fourth-order valence-corrected chi connectivity index (χ4v) is 4.05. The molecule has 2 aliphatic carbocycles. The molecule has 0 aromatic carbocycles. The maximum Gasteiger partial charge on any atom is 0.336 e. The van der Waals surface area contributed by atoms with Crippen molar-refractivity contribution in [3.63, 3.8) is 0 Å². The number of hydrogen-bond acceptors (Lipinski definition) is 2. The first-order valence-electron chi connectivity index (χ1n) is 4.62. The average Bonchev–Trinajstić information content (AvgIpc) is 2.76. The number of carbonyl (C=O) groups is 1. The summed E-state index contributed by atoms with van der Waals surface area (Å²) >= 11 is 1.65. The number of aromatic carboxylic acids is 1. The first kappa shape index (κ1) is 7.56. The van der Waals surface area contributed by atoms with Gasteiger partial charge in [0.2, 0.25) is 0 Å². The van der Waals surface area contributed by atoms with Crippen LogP contribution in [0.3, 0.4) is 0 Å². The summed E-state index contributed by atoms with van der Waals surface area (Å²) in [4.78, 5) is 12.3. The lowest BCUT2D eigenvalue weighted by atomic mass is 9.95. The van der Waals surface area contributed by atoms with Crippen molar-refractivity contribution in [2.75, 3.05) is 0 Å². The summed E-state index contributed by atoms with van der Waals surface area (Å²) in [5, 5.41) is 10.8. The average molecular weight is 194 g/mol. The van der Waals surface area contributed by atoms with E-state index in [1.165, 1.54) is 29.7 Å². The summed E-state index contributed by atoms with van der Waals surface area (Å²) in [5.41, 5.74) is 1.75. The number of fused-ring (bicyclic) bond motifs is 5. The van der Waals surface area contributed by atoms with E-state index >= 15 is 0 Å². The van der Waals surface area contributed by atoms with Gasteiger partial charge in [-0.25, -0.2) is 4.79 Å². The first-order valence-corrected chi connectivity index (χ1v) is 5.50. The highest BCUT2D eigenvalue weighted by atomic mass is 32.1. The predicted octanol–water partition coefficient (Wildman–Crippen LogP) is 2.81. The summed E-state index contributed by atoms with van der Waals surface area (Å²) in [5.74, 6) is 0.514. The van der Waals surface area contributed by atoms with Crippen LogP contribution in [0, 0.1) is 0 Å². The van der Waals surface area contributed by atoms with Gasteiger partial charge in [-0.3, -0.25) is 0 Å². The third kappa shape index (κ3) is 0.854. The third-order valence-corrected chi connectivity index (χ3v) is 4.46. The minimum Gasteiger partial charge on any atom is -0.478 e. The summed E-state index contributed by atoms with van der Waals surface area (Å²) in [6.07, 6.45) is 3.69. The Morgan fingerprint density at radius 1 is 1.46 bits per heavy atom. The zero-order chi connectivity index (χ0) is 9.00. The molecule has 0 spiro atoms. The molecule has 3 rings (SSSR count). The van der Waals surface area contributed by atoms with Crippen molar-refractivity contribution in [1.29, 1.82) is 0 Å². The van der Waals surface area contributed by atoms with Crippen molar-refractivity contribution in [3.8, 4) is 0 Å². The molecule has 1 aromatic heterocycles. The molecule has 2 unspecified atom stereocenters. The smallest absolute Gasteiger partial charge is 0.336 e. The normalized spacial score (nSPS) is 29.2. The monoisotopic (exact) mass is 194 g/mol. The van der Waals surface area contributed by atoms with Crippen LogP contribution >= 0.6 is 11.3 Å². The molecule has 1 fully saturated rings. The van der Waals surface area contributed by atoms with Gasteiger partial charge in [0, 0.05) is 10.3 Å². The Hall–Kier alpha value is -0.830. The second-order valence-electron chi connectivity index (χ2n) is 3.94. The Balaban J connectivity index is 2.18. The van der Waals surface area contributed by atoms with Crippen LogP contribution in [0.5, 0.6) is 0 Å². The second-order valence-corrected chi connectivity index (χ2v) is 4.85. The topological polar surface area (TPSA) is 37.3 Å². The number of hydrogen-bond donors (Lipinski definition) is 1. The van der Waals surface area contributed by atoms with Crippen LogP contribution in [0.4, 0.5) is 0 Å². The Labute approximate surface area is 80.2 Å². The summed E-state index contributed by atoms with van der Waals surface area (Å²) in [7, 11) is 0. The summed E-state index contributed by atoms with van der Waals surface area (Å²) in [6, 6.07) is 0. The molecule has 2 aliphatic rings. The van der Waals surface area contributed by atoms with Crippen LogP contribution in [0.1, 0.15) is 51.9 Å². The van der Waals surface area contributed by atoms with Gasteiger partial charge < -0.3 is 5.11 Å². The van der Waals surface area contributed by atoms with E-state index in [1.807, 2.05) is 5.38 Å². The van der Waals surface area contributed by atoms with E-state index in [1.54, 1.807) is 11.3 Å². The largest absolute Gasteiger partial charge is 0.478 e. The number of rotatable bonds is 1. The van der Waals surface area contributed by atoms with Crippen molar-refractivity contribution in [2.45, 2.75) is 31.1 Å². The highest BCUT2D eigenvalue weighted by Crippen LogP contribution is 2.56. The fourth-order valence-electron chi connectivity index (χ4n) is 2.77. The van der Waals surface area contributed by atoms with Gasteiger partial charge in [-0.2, -0.15) is 0 Å². The molecular weight excluding hydrogens is 184 g/mol. The standard InChI is InChI=1S/C10H10O2S/c11-10(12)7-4-13-9-6-2-1-5(3-6)8(7)9/h4-6H,1-3H2,(H,11,12). The van der Waals surface area contributed by atoms with Crippen LogP contribution in [-0.4, -0.2) is 11.1 Å². The molecule has 0 saturated heterocycles. The van der Waals surface area contributed by atoms with Crippen LogP contribution < -0.4 is 0 Å². The van der Waals surface area contributed by atoms with Gasteiger partial charge in [0.1, 0.15) is 0 Å². The molecule has 0 amide bonds. The van der Waals surface area contributed by atoms with Crippen molar-refractivity contribution >= 4 is 17.3 Å². The Bertz CT molecular complexity index is 380. The van der Waals surface area contributed by atoms with E-state index in [2.05, 4.69) is 0 Å². The highest BCUT2D eigenvalue weighted by Gasteiger charge is 2.40. The van der Waals surface area contributed by atoms with Crippen molar-refractivity contribution in [3.05, 3.63) is 21.4 Å². The van der Waals surface area contributed by atoms with Gasteiger partial charge >= 0.3 is 5.97 Å². The van der Waals surface area contributed by atoms with E-state index in [9.17, 15) is 4.79 Å². The van der Waals surface area contributed by atoms with E-state index in [-0.39, 0.29) is 0 Å². The predicted molar refractivity (Wildman–Crippen MR) is 50.6 cm³/mol. The molecule has 1 N–H and O–H groups in total. The molecular formula is C10H10O2S. The summed E-state index contributed by atoms with van der Waals surface area (Å²) in [6.45, 7) is 0. The fraction of sp³-hybridized carbons (Fsp3) is 0.500. The first-order chi connectivity index (χ1) is 6.27. The lowest BCUT2D eigenvalue weighted by Gasteiger charge is -2.10. The minimum atomic E-state index is -0.745. The van der Waals surface area contributed by atoms with Gasteiger partial charge in [0.25, 0.3) is 0 Å². The molecule has 2 bridgehead atoms. The molecule has 1 saturated carbocycles. The molecule has 3 heteroatoms. The SMILES string of the molecule is O=C(O)c1csc2c1C1CCC2C1. The van der Waals surface area contributed by atoms with Gasteiger partial charge in [-0.15, -0.1) is 11.3 Å². The Kier molecular flexibility index (Phi) is 1.37. The molecule has 2 nitrogen and oxygen atoms in total. The van der Waals surface area contributed by atoms with Crippen LogP contribution in [0.15, 0.2) is 5.38 Å². The number of carboxylic acids is 1. The van der Waals surface area contributed by atoms with E-state index in [4.69, 9.17) is 5.11 Å². The minimum absolute atomic E-state index is 0.567. The van der Waals surface area contributed by atoms with E-state index in [0.29, 0.717) is 17.4 Å². The molecule has 13 heavy (non-hydrogen) atoms. The van der Waals surface area contributed by atoms with Gasteiger partial charge in [0.05, 0.1) is 5.56 Å². The van der Waals surface area contributed by atoms with Gasteiger partial charge in [0.15, 0.2) is 0 Å². The van der Waals surface area contributed by atoms with Crippen molar-refractivity contribution < 1.29 is 9.90 Å². The maximum absolute atomic E-state index is 10.9. The lowest BCUT2D eigenvalue weighted by molar-refractivity contribution is 0.0696. The maximum atomic E-state index is 10.9. The van der Waals surface area contributed by atoms with Gasteiger partial charge in [-0.1, -0.05) is 0 Å². The van der Waals surface area contributed by atoms with E-state index in [0.717, 1.165) is 0 Å². The molecule has 0 aliphatic heterocycles.